The third kappa shape index (κ3) is 3.21. The highest BCUT2D eigenvalue weighted by atomic mass is 15.1. The summed E-state index contributed by atoms with van der Waals surface area (Å²) < 4.78 is 66.6. The van der Waals surface area contributed by atoms with Crippen molar-refractivity contribution >= 4 is 5.69 Å². The fraction of sp³-hybridized carbons (Fsp3) is 0.273. The Morgan fingerprint density at radius 1 is 1.16 bits per heavy atom. The lowest BCUT2D eigenvalue weighted by molar-refractivity contribution is 0.589. The normalized spacial score (nSPS) is 17.0. The number of hydrogen-bond acceptors (Lipinski definition) is 1. The number of aromatic nitrogens is 2. The quantitative estimate of drug-likeness (QED) is 0.525. The van der Waals surface area contributed by atoms with Crippen LogP contribution in [0.5, 0.6) is 0 Å². The lowest BCUT2D eigenvalue weighted by atomic mass is 9.84. The minimum atomic E-state index is -2.70. The molecule has 25 heavy (non-hydrogen) atoms. The van der Waals surface area contributed by atoms with Gasteiger partial charge in [0, 0.05) is 26.1 Å². The van der Waals surface area contributed by atoms with E-state index in [-0.39, 0.29) is 28.3 Å². The number of imidazole rings is 1. The maximum Gasteiger partial charge on any atom is 0.187 e. The monoisotopic (exact) mass is 337 g/mol. The van der Waals surface area contributed by atoms with Crippen molar-refractivity contribution in [1.82, 2.24) is 9.55 Å². The van der Waals surface area contributed by atoms with Crippen LogP contribution in [0.2, 0.25) is 0 Å². The molecular weight excluding hydrogens is 306 g/mol. The number of hydrogen-bond donors (Lipinski definition) is 0. The Kier molecular flexibility index (Phi) is 2.38. The maximum atomic E-state index is 8.47. The average molecular weight is 337 g/mol. The molecule has 3 aromatic rings. The second kappa shape index (κ2) is 6.22. The van der Waals surface area contributed by atoms with Gasteiger partial charge in [-0.15, -0.1) is 0 Å². The topological polar surface area (TPSA) is 22.2 Å². The van der Waals surface area contributed by atoms with Gasteiger partial charge < -0.3 is 0 Å². The molecule has 1 aromatic heterocycles. The van der Waals surface area contributed by atoms with Crippen LogP contribution in [0.3, 0.4) is 0 Å². The predicted octanol–water partition coefficient (Wildman–Crippen LogP) is 6.00. The van der Waals surface area contributed by atoms with Crippen LogP contribution < -0.4 is 0 Å². The van der Waals surface area contributed by atoms with Crippen molar-refractivity contribution < 1.29 is 11.0 Å². The van der Waals surface area contributed by atoms with Crippen molar-refractivity contribution in [3.63, 3.8) is 0 Å². The van der Waals surface area contributed by atoms with E-state index in [4.69, 9.17) is 17.5 Å². The van der Waals surface area contributed by atoms with Crippen molar-refractivity contribution in [2.24, 2.45) is 0 Å². The van der Waals surface area contributed by atoms with Gasteiger partial charge in [-0.1, -0.05) is 51.1 Å². The third-order valence-electron chi connectivity index (χ3n) is 3.97. The van der Waals surface area contributed by atoms with E-state index in [0.29, 0.717) is 11.1 Å². The number of nitrogens with zero attached hydrogens (tertiary/aromatic N) is 3. The first-order chi connectivity index (χ1) is 15.1. The van der Waals surface area contributed by atoms with E-state index in [1.54, 1.807) is 18.2 Å². The smallest absolute Gasteiger partial charge is 0.187 e. The summed E-state index contributed by atoms with van der Waals surface area (Å²) in [6.45, 7) is 7.41. The minimum absolute atomic E-state index is 0.0232. The average Bonchev–Trinajstić information content (AvgIpc) is 2.99. The fourth-order valence-corrected chi connectivity index (χ4v) is 2.61. The van der Waals surface area contributed by atoms with E-state index in [1.165, 1.54) is 18.2 Å². The molecule has 0 spiro atoms. The van der Waals surface area contributed by atoms with Crippen LogP contribution in [0, 0.1) is 20.3 Å². The van der Waals surface area contributed by atoms with Gasteiger partial charge in [0.05, 0.1) is 15.0 Å². The maximum absolute atomic E-state index is 8.47. The highest BCUT2D eigenvalue weighted by Gasteiger charge is 2.18. The van der Waals surface area contributed by atoms with Crippen molar-refractivity contribution in [3.05, 3.63) is 76.9 Å². The standard InChI is InChI=1S/C22H23N3/c1-15-12-18(22(3,4)5)13-16(2)20(15)25-11-10-24-21(25)17-8-7-9-19(14-17)23-6/h7-14H,1-5H3/i1D3,2D3,10D,11D. The van der Waals surface area contributed by atoms with Gasteiger partial charge >= 0.3 is 0 Å². The minimum Gasteiger partial charge on any atom is -0.299 e. The van der Waals surface area contributed by atoms with E-state index in [0.717, 1.165) is 4.57 Å². The second-order valence-electron chi connectivity index (χ2n) is 6.83. The molecule has 3 rings (SSSR count). The van der Waals surface area contributed by atoms with Crippen molar-refractivity contribution in [1.29, 1.82) is 0 Å². The summed E-state index contributed by atoms with van der Waals surface area (Å²) >= 11 is 0. The SMILES string of the molecule is [2H]c1nc(-c2cccc([N+]#[C-])c2)n(-c2c(C([2H])([2H])[2H])cc(C(C)(C)C)cc2C([2H])([2H])[2H])c1[2H]. The van der Waals surface area contributed by atoms with Gasteiger partial charge in [-0.3, -0.25) is 4.57 Å². The molecule has 0 saturated heterocycles. The van der Waals surface area contributed by atoms with Crippen molar-refractivity contribution in [2.45, 2.75) is 39.9 Å². The largest absolute Gasteiger partial charge is 0.299 e. The predicted molar refractivity (Wildman–Crippen MR) is 103 cm³/mol. The molecule has 0 N–H and O–H groups in total. The van der Waals surface area contributed by atoms with Crippen LogP contribution in [0.25, 0.3) is 21.9 Å². The lowest BCUT2D eigenvalue weighted by Crippen LogP contribution is -2.13. The lowest BCUT2D eigenvalue weighted by Gasteiger charge is -2.23. The van der Waals surface area contributed by atoms with E-state index in [2.05, 4.69) is 9.83 Å². The Hall–Kier alpha value is -2.86. The van der Waals surface area contributed by atoms with Crippen molar-refractivity contribution in [3.8, 4) is 17.1 Å². The first-order valence-electron chi connectivity index (χ1n) is 11.8. The van der Waals surface area contributed by atoms with Gasteiger partial charge in [-0.05, 0) is 41.9 Å². The van der Waals surface area contributed by atoms with Gasteiger partial charge in [0.1, 0.15) is 5.82 Å². The third-order valence-corrected chi connectivity index (χ3v) is 3.97. The molecule has 2 aromatic carbocycles. The molecule has 3 nitrogen and oxygen atoms in total. The summed E-state index contributed by atoms with van der Waals surface area (Å²) in [4.78, 5) is 7.50. The van der Waals surface area contributed by atoms with Crippen LogP contribution in [0.4, 0.5) is 5.69 Å². The van der Waals surface area contributed by atoms with Gasteiger partial charge in [-0.25, -0.2) is 9.83 Å². The number of aryl methyl sites for hydroxylation is 2. The number of benzene rings is 2. The summed E-state index contributed by atoms with van der Waals surface area (Å²) in [5.74, 6) is 0.0232. The van der Waals surface area contributed by atoms with E-state index < -0.39 is 31.5 Å². The Morgan fingerprint density at radius 2 is 1.88 bits per heavy atom. The second-order valence-corrected chi connectivity index (χ2v) is 6.83. The molecule has 0 atom stereocenters. The van der Waals surface area contributed by atoms with E-state index >= 15 is 0 Å². The van der Waals surface area contributed by atoms with E-state index in [1.807, 2.05) is 20.8 Å². The van der Waals surface area contributed by atoms with Gasteiger partial charge in [-0.2, -0.15) is 0 Å². The Bertz CT molecular complexity index is 1220. The summed E-state index contributed by atoms with van der Waals surface area (Å²) in [5.41, 5.74) is -0.0484. The van der Waals surface area contributed by atoms with Gasteiger partial charge in [0.15, 0.2) is 5.69 Å². The zero-order valence-electron chi connectivity index (χ0n) is 22.3. The molecule has 0 radical (unpaired) electrons. The van der Waals surface area contributed by atoms with Crippen LogP contribution >= 0.6 is 0 Å². The molecule has 126 valence electrons. The molecule has 0 fully saturated rings. The summed E-state index contributed by atoms with van der Waals surface area (Å²) in [6.07, 6.45) is -0.885. The van der Waals surface area contributed by atoms with Crippen LogP contribution in [-0.4, -0.2) is 9.55 Å². The molecule has 0 bridgehead atoms. The molecule has 0 aliphatic heterocycles. The Morgan fingerprint density at radius 3 is 2.48 bits per heavy atom. The van der Waals surface area contributed by atoms with Gasteiger partial charge in [0.2, 0.25) is 0 Å². The fourth-order valence-electron chi connectivity index (χ4n) is 2.61. The zero-order chi connectivity index (χ0) is 24.9. The molecule has 0 saturated carbocycles. The van der Waals surface area contributed by atoms with Gasteiger partial charge in [0.25, 0.3) is 0 Å². The molecule has 0 aliphatic rings. The number of rotatable bonds is 2. The first-order valence-corrected chi connectivity index (χ1v) is 7.79. The first kappa shape index (κ1) is 9.58. The summed E-state index contributed by atoms with van der Waals surface area (Å²) in [7, 11) is 0. The van der Waals surface area contributed by atoms with Crippen LogP contribution in [-0.2, 0) is 5.41 Å². The zero-order valence-corrected chi connectivity index (χ0v) is 14.3. The highest BCUT2D eigenvalue weighted by Crippen LogP contribution is 2.32. The van der Waals surface area contributed by atoms with Crippen LogP contribution in [0.15, 0.2) is 48.7 Å². The summed E-state index contributed by atoms with van der Waals surface area (Å²) in [6, 6.07) is 9.18. The molecular formula is C22H23N3. The molecule has 0 unspecified atom stereocenters. The summed E-state index contributed by atoms with van der Waals surface area (Å²) in [5, 5.41) is 0. The molecule has 0 amide bonds. The highest BCUT2D eigenvalue weighted by molar-refractivity contribution is 5.66. The molecule has 1 heterocycles. The molecule has 3 heteroatoms. The van der Waals surface area contributed by atoms with Crippen molar-refractivity contribution in [2.75, 3.05) is 0 Å². The molecule has 0 aliphatic carbocycles. The van der Waals surface area contributed by atoms with E-state index in [9.17, 15) is 0 Å². The Labute approximate surface area is 161 Å². The Balaban J connectivity index is 2.53. The van der Waals surface area contributed by atoms with Crippen LogP contribution in [0.1, 0.15) is 48.4 Å².